The molecular weight excluding hydrogens is 902 g/mol. The van der Waals surface area contributed by atoms with Crippen LogP contribution in [0.3, 0.4) is 0 Å². The van der Waals surface area contributed by atoms with E-state index in [0.29, 0.717) is 64.6 Å². The summed E-state index contributed by atoms with van der Waals surface area (Å²) in [5.74, 6) is -3.03. The normalized spacial score (nSPS) is 19.7. The first-order chi connectivity index (χ1) is 33.2. The average Bonchev–Trinajstić information content (AvgIpc) is 3.90. The van der Waals surface area contributed by atoms with Crippen molar-refractivity contribution in [2.45, 2.75) is 95.6 Å². The molecular formula is C48H51F3N10O8. The van der Waals surface area contributed by atoms with E-state index in [9.17, 15) is 41.9 Å². The van der Waals surface area contributed by atoms with E-state index in [4.69, 9.17) is 9.47 Å². The number of rotatable bonds is 18. The van der Waals surface area contributed by atoms with Crippen LogP contribution in [-0.2, 0) is 38.3 Å². The van der Waals surface area contributed by atoms with E-state index in [1.54, 1.807) is 35.3 Å². The molecule has 0 saturated carbocycles. The summed E-state index contributed by atoms with van der Waals surface area (Å²) < 4.78 is 53.7. The van der Waals surface area contributed by atoms with Crippen molar-refractivity contribution in [3.05, 3.63) is 106 Å². The number of pyridine rings is 1. The molecule has 3 N–H and O–H groups in total. The van der Waals surface area contributed by atoms with Gasteiger partial charge in [0, 0.05) is 74.8 Å². The van der Waals surface area contributed by atoms with Gasteiger partial charge >= 0.3 is 6.18 Å². The highest BCUT2D eigenvalue weighted by Gasteiger charge is 2.46. The number of aryl methyl sites for hydroxylation is 2. The molecule has 4 aliphatic rings. The minimum absolute atomic E-state index is 0.00830. The van der Waals surface area contributed by atoms with Crippen LogP contribution in [0.2, 0.25) is 0 Å². The summed E-state index contributed by atoms with van der Waals surface area (Å²) in [7, 11) is 0. The first-order valence-electron chi connectivity index (χ1n) is 22.9. The number of morpholine rings is 1. The number of allylic oxidation sites excluding steroid dienone is 1. The molecule has 0 bridgehead atoms. The molecule has 2 aromatic heterocycles. The second kappa shape index (κ2) is 21.0. The lowest BCUT2D eigenvalue weighted by molar-refractivity contribution is -0.138. The predicted octanol–water partition coefficient (Wildman–Crippen LogP) is 5.36. The lowest BCUT2D eigenvalue weighted by atomic mass is 9.90. The van der Waals surface area contributed by atoms with E-state index in [2.05, 4.69) is 36.2 Å². The first-order valence-corrected chi connectivity index (χ1v) is 22.9. The average molecular weight is 953 g/mol. The van der Waals surface area contributed by atoms with Crippen LogP contribution in [0.5, 0.6) is 5.88 Å². The summed E-state index contributed by atoms with van der Waals surface area (Å²) in [5, 5.41) is 16.5. The molecule has 21 heteroatoms. The van der Waals surface area contributed by atoms with Crippen molar-refractivity contribution in [2.75, 3.05) is 38.2 Å². The molecule has 362 valence electrons. The van der Waals surface area contributed by atoms with E-state index in [0.717, 1.165) is 65.2 Å². The summed E-state index contributed by atoms with van der Waals surface area (Å²) in [5.41, 5.74) is 1.32. The number of nitrogens with zero attached hydrogens (tertiary/aromatic N) is 7. The minimum Gasteiger partial charge on any atom is -0.478 e. The van der Waals surface area contributed by atoms with Crippen molar-refractivity contribution < 1.29 is 51.4 Å². The third-order valence-electron chi connectivity index (χ3n) is 12.5. The number of unbranched alkanes of at least 4 members (excludes halogenated alkanes) is 3. The van der Waals surface area contributed by atoms with Crippen molar-refractivity contribution in [2.24, 2.45) is 4.99 Å². The summed E-state index contributed by atoms with van der Waals surface area (Å²) in [6, 6.07) is 11.5. The highest BCUT2D eigenvalue weighted by molar-refractivity contribution is 6.26. The lowest BCUT2D eigenvalue weighted by Gasteiger charge is -2.45. The highest BCUT2D eigenvalue weighted by Crippen LogP contribution is 2.36. The molecule has 2 unspecified atom stereocenters. The van der Waals surface area contributed by atoms with E-state index < -0.39 is 53.0 Å². The van der Waals surface area contributed by atoms with Crippen LogP contribution in [0.25, 0.3) is 5.57 Å². The summed E-state index contributed by atoms with van der Waals surface area (Å²) in [6.45, 7) is 4.69. The molecule has 0 spiro atoms. The van der Waals surface area contributed by atoms with Gasteiger partial charge in [-0.1, -0.05) is 23.8 Å². The van der Waals surface area contributed by atoms with Crippen LogP contribution >= 0.6 is 0 Å². The zero-order valence-electron chi connectivity index (χ0n) is 37.8. The largest absolute Gasteiger partial charge is 0.478 e. The van der Waals surface area contributed by atoms with Crippen molar-refractivity contribution in [1.29, 1.82) is 0 Å². The van der Waals surface area contributed by atoms with Gasteiger partial charge in [-0.15, -0.1) is 5.10 Å². The number of carbonyl (C=O) groups is 6. The first kappa shape index (κ1) is 48.3. The van der Waals surface area contributed by atoms with Crippen LogP contribution in [0.15, 0.2) is 77.7 Å². The van der Waals surface area contributed by atoms with Gasteiger partial charge in [0.15, 0.2) is 0 Å². The monoisotopic (exact) mass is 952 g/mol. The molecule has 6 heterocycles. The third-order valence-corrected chi connectivity index (χ3v) is 12.5. The molecule has 2 atom stereocenters. The number of benzene rings is 2. The third kappa shape index (κ3) is 11.3. The second-order valence-electron chi connectivity index (χ2n) is 17.3. The molecule has 18 nitrogen and oxygen atoms in total. The van der Waals surface area contributed by atoms with Gasteiger partial charge in [0.25, 0.3) is 17.7 Å². The number of imide groups is 2. The van der Waals surface area contributed by atoms with E-state index in [1.165, 1.54) is 18.2 Å². The zero-order valence-corrected chi connectivity index (χ0v) is 37.8. The van der Waals surface area contributed by atoms with Gasteiger partial charge in [-0.3, -0.25) is 53.6 Å². The molecule has 69 heavy (non-hydrogen) atoms. The molecule has 6 amide bonds. The van der Waals surface area contributed by atoms with Gasteiger partial charge in [0.2, 0.25) is 23.6 Å². The molecule has 4 aromatic rings. The fourth-order valence-electron chi connectivity index (χ4n) is 8.81. The Balaban J connectivity index is 0.750. The molecule has 2 saturated heterocycles. The standard InChI is InChI=1S/C48H51F3N10O8/c1-30-36(26-47(29-53-30,59-20-23-68-24-21-59)56-43(64)31-9-7-10-33(25-31)48(49,50)51)32-15-18-41(52-27-32)69-22-6-4-11-34-28-60(58-57-34)19-5-2-3-14-39(62)54-37-13-8-12-35-42(37)46(67)61(45(35)66)38-16-17-40(63)55-44(38)65/h7-10,12-13,15,18,25,27-29,38H,2-6,11,14,16-17,19-24,26H2,1H3,(H,54,62)(H,56,64)(H,55,63,65). The van der Waals surface area contributed by atoms with Crippen LogP contribution in [0, 0.1) is 0 Å². The fraction of sp³-hybridized carbons (Fsp3) is 0.417. The van der Waals surface area contributed by atoms with Crippen molar-refractivity contribution in [3.8, 4) is 5.88 Å². The Morgan fingerprint density at radius 2 is 1.78 bits per heavy atom. The highest BCUT2D eigenvalue weighted by atomic mass is 19.4. The maximum atomic E-state index is 13.5. The molecule has 0 radical (unpaired) electrons. The molecule has 4 aliphatic heterocycles. The number of halogens is 3. The Bertz CT molecular complexity index is 2680. The van der Waals surface area contributed by atoms with E-state index in [1.807, 2.05) is 24.1 Å². The smallest absolute Gasteiger partial charge is 0.416 e. The van der Waals surface area contributed by atoms with E-state index in [-0.39, 0.29) is 47.5 Å². The van der Waals surface area contributed by atoms with Gasteiger partial charge < -0.3 is 20.1 Å². The number of carbonyl (C=O) groups excluding carboxylic acids is 6. The van der Waals surface area contributed by atoms with Crippen LogP contribution in [0.1, 0.15) is 113 Å². The number of aromatic nitrogens is 4. The number of ether oxygens (including phenoxy) is 2. The van der Waals surface area contributed by atoms with Crippen LogP contribution in [0.4, 0.5) is 18.9 Å². The number of anilines is 1. The van der Waals surface area contributed by atoms with Crippen molar-refractivity contribution in [3.63, 3.8) is 0 Å². The van der Waals surface area contributed by atoms with E-state index >= 15 is 0 Å². The number of aliphatic imine (C=N–C) groups is 1. The van der Waals surface area contributed by atoms with Crippen LogP contribution in [-0.4, -0.2) is 116 Å². The number of piperidine rings is 1. The summed E-state index contributed by atoms with van der Waals surface area (Å²) in [4.78, 5) is 88.9. The SMILES string of the molecule is CC1=C(c2ccc(OCCCCc3cn(CCCCCC(=O)Nc4cccc5c4C(=O)N(C4CCC(=O)NC4=O)C5=O)nn3)nc2)CC(NC(=O)c2cccc(C(F)(F)F)c2)(N2CCOCC2)C=N1. The topological polar surface area (TPSA) is 219 Å². The number of amides is 6. The second-order valence-corrected chi connectivity index (χ2v) is 17.3. The van der Waals surface area contributed by atoms with Crippen molar-refractivity contribution in [1.82, 2.24) is 40.4 Å². The van der Waals surface area contributed by atoms with Gasteiger partial charge in [0.1, 0.15) is 11.7 Å². The number of nitrogens with one attached hydrogen (secondary N) is 3. The summed E-state index contributed by atoms with van der Waals surface area (Å²) >= 11 is 0. The van der Waals surface area contributed by atoms with Crippen molar-refractivity contribution >= 4 is 52.9 Å². The van der Waals surface area contributed by atoms with Gasteiger partial charge in [-0.25, -0.2) is 4.98 Å². The molecule has 8 rings (SSSR count). The molecule has 0 aliphatic carbocycles. The van der Waals surface area contributed by atoms with Gasteiger partial charge in [-0.05, 0) is 93.0 Å². The number of alkyl halides is 3. The maximum Gasteiger partial charge on any atom is 0.416 e. The zero-order chi connectivity index (χ0) is 48.7. The van der Waals surface area contributed by atoms with Gasteiger partial charge in [-0.2, -0.15) is 13.2 Å². The van der Waals surface area contributed by atoms with Gasteiger partial charge in [0.05, 0.1) is 47.9 Å². The Morgan fingerprint density at radius 3 is 2.55 bits per heavy atom. The fourth-order valence-corrected chi connectivity index (χ4v) is 8.81. The van der Waals surface area contributed by atoms with Crippen LogP contribution < -0.4 is 20.7 Å². The number of hydrogen-bond acceptors (Lipinski definition) is 13. The quantitative estimate of drug-likeness (QED) is 0.0849. The minimum atomic E-state index is -4.60. The predicted molar refractivity (Wildman–Crippen MR) is 243 cm³/mol. The lowest BCUT2D eigenvalue weighted by Crippen LogP contribution is -2.65. The Hall–Kier alpha value is -7.13. The molecule has 2 fully saturated rings. The Morgan fingerprint density at radius 1 is 0.971 bits per heavy atom. The number of hydrogen-bond donors (Lipinski definition) is 3. The Labute approximate surface area is 394 Å². The maximum absolute atomic E-state index is 13.5. The number of fused-ring (bicyclic) bond motifs is 1. The summed E-state index contributed by atoms with van der Waals surface area (Å²) in [6.07, 6.45) is 5.46. The Kier molecular flexibility index (Phi) is 14.7. The molecule has 2 aromatic carbocycles.